The molecule has 8 nitrogen and oxygen atoms in total. The fourth-order valence-corrected chi connectivity index (χ4v) is 22.2. The minimum Gasteiger partial charge on any atom is -0.434 e. The van der Waals surface area contributed by atoms with Crippen LogP contribution in [0.25, 0.3) is 174 Å². The van der Waals surface area contributed by atoms with Gasteiger partial charge in [-0.2, -0.15) is 18.3 Å². The topological polar surface area (TPSA) is 52.4 Å². The second-order valence-corrected chi connectivity index (χ2v) is 35.3. The zero-order valence-electron chi connectivity index (χ0n) is 66.0. The molecule has 0 amide bonds. The van der Waals surface area contributed by atoms with Gasteiger partial charge in [0.25, 0.3) is 26.9 Å². The zero-order chi connectivity index (χ0) is 77.3. The van der Waals surface area contributed by atoms with Crippen LogP contribution in [0.5, 0.6) is 23.0 Å². The van der Waals surface area contributed by atoms with E-state index < -0.39 is 0 Å². The van der Waals surface area contributed by atoms with Gasteiger partial charge in [0.05, 0.1) is 22.3 Å². The van der Waals surface area contributed by atoms with E-state index in [9.17, 15) is 0 Å². The van der Waals surface area contributed by atoms with Gasteiger partial charge >= 0.3 is 0 Å². The van der Waals surface area contributed by atoms with Crippen molar-refractivity contribution in [2.75, 3.05) is 0 Å². The standard InChI is InChI=1S/C31H22NO.2C27H20NO.C23H18NO/c1-31(2)24-14-21-12-11-18-7-5-6-10-23(18)27(21)30-28(24)29-25(31)15-22-13-19-8-3-4-9-20(19)16-26(22)32(29)17-33-30;2*1-27(2)21-13-17-12-11-16-7-3-5-9-19(16)22(17)26-23(21)25-24(27)20-10-6-4-8-18(20)14-28(25)15-29-26;1-23(2)17-8-5-11-24-13-25-22-19-15(12-18(23)20(22)21(17)24)10-9-14-6-3-4-7-16(14)19/h3-16H,17H2,1-2H3;2*3-14H,15H2,1-2H3;3-12H,13H2,1-2H3/q4*+1. The smallest absolute Gasteiger partial charge is 0.293 e. The van der Waals surface area contributed by atoms with Gasteiger partial charge in [0, 0.05) is 93.8 Å². The van der Waals surface area contributed by atoms with E-state index >= 15 is 0 Å². The van der Waals surface area contributed by atoms with Crippen LogP contribution in [-0.2, 0) is 48.6 Å². The Morgan fingerprint density at radius 1 is 0.233 bits per heavy atom. The molecule has 116 heavy (non-hydrogen) atoms. The van der Waals surface area contributed by atoms with E-state index in [0.29, 0.717) is 26.9 Å². The van der Waals surface area contributed by atoms with Crippen molar-refractivity contribution in [3.8, 4) is 68.0 Å². The highest BCUT2D eigenvalue weighted by Gasteiger charge is 2.52. The summed E-state index contributed by atoms with van der Waals surface area (Å²) < 4.78 is 35.2. The largest absolute Gasteiger partial charge is 0.434 e. The molecule has 28 rings (SSSR count). The minimum atomic E-state index is -0.0888. The molecule has 8 aliphatic rings. The molecule has 4 aromatic heterocycles. The first-order chi connectivity index (χ1) is 56.6. The summed E-state index contributed by atoms with van der Waals surface area (Å²) in [6, 6.07) is 99.5. The van der Waals surface area contributed by atoms with E-state index in [1.54, 1.807) is 0 Å². The second-order valence-electron chi connectivity index (χ2n) is 35.3. The predicted molar refractivity (Wildman–Crippen MR) is 469 cm³/mol. The predicted octanol–water partition coefficient (Wildman–Crippen LogP) is 24.4. The van der Waals surface area contributed by atoms with Gasteiger partial charge in [-0.15, -0.1) is 0 Å². The Labute approximate surface area is 670 Å². The molecule has 4 aliphatic heterocycles. The van der Waals surface area contributed by atoms with Gasteiger partial charge in [-0.05, 0) is 163 Å². The molecule has 0 saturated carbocycles. The average Bonchev–Trinajstić information content (AvgIpc) is 1.54. The van der Waals surface area contributed by atoms with Crippen molar-refractivity contribution in [1.29, 1.82) is 0 Å². The number of benzene rings is 16. The maximum absolute atomic E-state index is 6.66. The van der Waals surface area contributed by atoms with Gasteiger partial charge in [0.15, 0.2) is 18.6 Å². The third-order valence-corrected chi connectivity index (χ3v) is 27.7. The molecule has 0 radical (unpaired) electrons. The molecule has 8 heterocycles. The molecule has 20 aromatic rings. The zero-order valence-corrected chi connectivity index (χ0v) is 66.0. The molecule has 552 valence electrons. The molecule has 0 spiro atoms. The van der Waals surface area contributed by atoms with Crippen molar-refractivity contribution >= 4 is 129 Å². The molecule has 0 bridgehead atoms. The summed E-state index contributed by atoms with van der Waals surface area (Å²) in [6.45, 7) is 21.0. The van der Waals surface area contributed by atoms with Crippen LogP contribution in [0.3, 0.4) is 0 Å². The summed E-state index contributed by atoms with van der Waals surface area (Å²) in [5.74, 6) is 4.21. The van der Waals surface area contributed by atoms with Crippen LogP contribution in [0.4, 0.5) is 0 Å². The minimum absolute atomic E-state index is 0.00401. The lowest BCUT2D eigenvalue weighted by molar-refractivity contribution is -0.717. The maximum atomic E-state index is 6.66. The molecule has 0 N–H and O–H groups in total. The van der Waals surface area contributed by atoms with Gasteiger partial charge in [0.1, 0.15) is 23.0 Å². The molecule has 0 unspecified atom stereocenters. The van der Waals surface area contributed by atoms with E-state index in [2.05, 4.69) is 365 Å². The van der Waals surface area contributed by atoms with E-state index in [0.717, 1.165) is 23.0 Å². The van der Waals surface area contributed by atoms with Crippen molar-refractivity contribution in [2.24, 2.45) is 0 Å². The van der Waals surface area contributed by atoms with Gasteiger partial charge < -0.3 is 18.9 Å². The molecule has 16 aromatic carbocycles. The highest BCUT2D eigenvalue weighted by Crippen LogP contribution is 2.62. The molecular formula is C108H80N4O4+4. The summed E-state index contributed by atoms with van der Waals surface area (Å²) in [5.41, 5.74) is 22.6. The van der Waals surface area contributed by atoms with Crippen molar-refractivity contribution in [2.45, 2.75) is 104 Å². The summed E-state index contributed by atoms with van der Waals surface area (Å²) in [7, 11) is 0. The fraction of sp³-hybridized carbons (Fsp3) is 0.148. The third kappa shape index (κ3) is 8.72. The van der Waals surface area contributed by atoms with Crippen LogP contribution in [0, 0.1) is 0 Å². The lowest BCUT2D eigenvalue weighted by Crippen LogP contribution is -2.43. The number of rotatable bonds is 0. The number of ether oxygens (including phenoxy) is 4. The van der Waals surface area contributed by atoms with Crippen molar-refractivity contribution in [3.63, 3.8) is 0 Å². The van der Waals surface area contributed by atoms with E-state index in [1.165, 1.54) is 219 Å². The Morgan fingerprint density at radius 2 is 0.552 bits per heavy atom. The van der Waals surface area contributed by atoms with Crippen LogP contribution in [0.15, 0.2) is 292 Å². The Morgan fingerprint density at radius 3 is 0.983 bits per heavy atom. The van der Waals surface area contributed by atoms with Gasteiger partial charge in [-0.1, -0.05) is 262 Å². The second kappa shape index (κ2) is 23.1. The van der Waals surface area contributed by atoms with E-state index in [-0.39, 0.29) is 21.7 Å². The van der Waals surface area contributed by atoms with Gasteiger partial charge in [-0.3, -0.25) is 0 Å². The summed E-state index contributed by atoms with van der Waals surface area (Å²) in [6.07, 6.45) is 6.62. The van der Waals surface area contributed by atoms with Gasteiger partial charge in [0.2, 0.25) is 28.3 Å². The normalized spacial score (nSPS) is 15.7. The summed E-state index contributed by atoms with van der Waals surface area (Å²) >= 11 is 0. The fourth-order valence-electron chi connectivity index (χ4n) is 22.2. The average molecular weight is 1500 g/mol. The highest BCUT2D eigenvalue weighted by molar-refractivity contribution is 6.19. The van der Waals surface area contributed by atoms with Crippen molar-refractivity contribution < 1.29 is 37.2 Å². The first-order valence-corrected chi connectivity index (χ1v) is 40.9. The molecule has 0 saturated heterocycles. The van der Waals surface area contributed by atoms with Gasteiger partial charge in [-0.25, -0.2) is 0 Å². The molecule has 0 fully saturated rings. The number of hydrogen-bond donors (Lipinski definition) is 0. The first-order valence-electron chi connectivity index (χ1n) is 40.9. The van der Waals surface area contributed by atoms with Crippen LogP contribution in [0.2, 0.25) is 0 Å². The summed E-state index contributed by atoms with van der Waals surface area (Å²) in [4.78, 5) is 0. The molecule has 0 atom stereocenters. The van der Waals surface area contributed by atoms with Crippen LogP contribution >= 0.6 is 0 Å². The van der Waals surface area contributed by atoms with Crippen LogP contribution in [-0.4, -0.2) is 0 Å². The van der Waals surface area contributed by atoms with Crippen molar-refractivity contribution in [1.82, 2.24) is 0 Å². The number of aromatic nitrogens is 4. The van der Waals surface area contributed by atoms with Crippen molar-refractivity contribution in [3.05, 3.63) is 336 Å². The molecular weight excluding hydrogens is 1420 g/mol. The van der Waals surface area contributed by atoms with Crippen LogP contribution < -0.4 is 37.2 Å². The third-order valence-electron chi connectivity index (χ3n) is 27.7. The number of fused-ring (bicyclic) bond motifs is 23. The summed E-state index contributed by atoms with van der Waals surface area (Å²) in [5, 5.41) is 29.2. The molecule has 8 heteroatoms. The van der Waals surface area contributed by atoms with E-state index in [1.807, 2.05) is 0 Å². The van der Waals surface area contributed by atoms with Crippen LogP contribution in [0.1, 0.15) is 99.9 Å². The quantitative estimate of drug-likeness (QED) is 0.0862. The Bertz CT molecular complexity index is 7750. The SMILES string of the molecule is CC1(C)c2cc3ccc4ccccc4c3c3c2-c2c1c1ccccc1c[n+]2CO3.CC1(C)c2cc3ccc4ccccc4c3c3c2-c2c1c1ccccc1c[n+]2CO3.CC1(C)c2cc3ccc4ccccc4c3c3c2-c2c1cc1cc4ccccc4cc1[n+]2CO3.CC1(C)c2cc3ccc4ccccc4c3c3c2-c2c1ccc[n+]2CO3. The number of hydrogen-bond acceptors (Lipinski definition) is 4. The highest BCUT2D eigenvalue weighted by atomic mass is 16.5. The Balaban J connectivity index is 0.0000000870. The number of pyridine rings is 4. The monoisotopic (exact) mass is 1500 g/mol. The Kier molecular flexibility index (Phi) is 13.1. The molecule has 4 aliphatic carbocycles. The lowest BCUT2D eigenvalue weighted by Gasteiger charge is -2.22. The van der Waals surface area contributed by atoms with E-state index in [4.69, 9.17) is 18.9 Å². The number of nitrogens with zero attached hydrogens (tertiary/aromatic N) is 4. The lowest BCUT2D eigenvalue weighted by atomic mass is 9.80. The first kappa shape index (κ1) is 65.9. The maximum Gasteiger partial charge on any atom is 0.293 e. The Hall–Kier alpha value is -13.6.